The standard InChI is InChI=1S/C16H28N2O3/c1-5-16(6-2)15(20)17-11(3)14(19)18(16)12-8-7-9-13(10-12)21-4/h11-13H,5-10H2,1-4H3,(H,17,20). The van der Waals surface area contributed by atoms with Gasteiger partial charge in [0.05, 0.1) is 6.10 Å². The highest BCUT2D eigenvalue weighted by Crippen LogP contribution is 2.36. The zero-order valence-corrected chi connectivity index (χ0v) is 13.6. The Kier molecular flexibility index (Phi) is 4.91. The van der Waals surface area contributed by atoms with Gasteiger partial charge in [0, 0.05) is 13.2 Å². The van der Waals surface area contributed by atoms with Crippen LogP contribution >= 0.6 is 0 Å². The Morgan fingerprint density at radius 2 is 1.95 bits per heavy atom. The van der Waals surface area contributed by atoms with Gasteiger partial charge in [0.1, 0.15) is 11.6 Å². The van der Waals surface area contributed by atoms with Gasteiger partial charge in [-0.25, -0.2) is 0 Å². The molecule has 5 heteroatoms. The van der Waals surface area contributed by atoms with E-state index in [0.29, 0.717) is 12.8 Å². The first-order valence-corrected chi connectivity index (χ1v) is 8.17. The summed E-state index contributed by atoms with van der Waals surface area (Å²) in [6.07, 6.45) is 5.40. The van der Waals surface area contributed by atoms with Crippen molar-refractivity contribution in [1.29, 1.82) is 0 Å². The number of ether oxygens (including phenoxy) is 1. The van der Waals surface area contributed by atoms with Crippen molar-refractivity contribution in [1.82, 2.24) is 10.2 Å². The fourth-order valence-corrected chi connectivity index (χ4v) is 3.93. The van der Waals surface area contributed by atoms with Crippen LogP contribution in [-0.2, 0) is 14.3 Å². The molecule has 1 saturated carbocycles. The van der Waals surface area contributed by atoms with Crippen LogP contribution in [0.5, 0.6) is 0 Å². The van der Waals surface area contributed by atoms with Crippen LogP contribution in [0.4, 0.5) is 0 Å². The van der Waals surface area contributed by atoms with Gasteiger partial charge in [-0.2, -0.15) is 0 Å². The number of piperazine rings is 1. The number of nitrogens with zero attached hydrogens (tertiary/aromatic N) is 1. The van der Waals surface area contributed by atoms with Crippen LogP contribution in [0.15, 0.2) is 0 Å². The van der Waals surface area contributed by atoms with E-state index >= 15 is 0 Å². The Bertz CT molecular complexity index is 406. The van der Waals surface area contributed by atoms with Gasteiger partial charge >= 0.3 is 0 Å². The molecule has 1 aliphatic carbocycles. The number of carbonyl (C=O) groups is 2. The summed E-state index contributed by atoms with van der Waals surface area (Å²) in [6, 6.07) is -0.309. The van der Waals surface area contributed by atoms with Crippen molar-refractivity contribution in [2.24, 2.45) is 0 Å². The van der Waals surface area contributed by atoms with E-state index in [1.165, 1.54) is 0 Å². The minimum Gasteiger partial charge on any atom is -0.381 e. The molecule has 2 rings (SSSR count). The molecule has 0 spiro atoms. The maximum Gasteiger partial charge on any atom is 0.246 e. The molecule has 2 amide bonds. The summed E-state index contributed by atoms with van der Waals surface area (Å²) in [5, 5.41) is 2.85. The molecule has 1 aliphatic heterocycles. The van der Waals surface area contributed by atoms with Gasteiger partial charge in [-0.1, -0.05) is 13.8 Å². The van der Waals surface area contributed by atoms with Gasteiger partial charge in [-0.15, -0.1) is 0 Å². The van der Waals surface area contributed by atoms with E-state index in [2.05, 4.69) is 5.32 Å². The summed E-state index contributed by atoms with van der Waals surface area (Å²) >= 11 is 0. The lowest BCUT2D eigenvalue weighted by Crippen LogP contribution is -2.72. The second-order valence-electron chi connectivity index (χ2n) is 6.32. The number of nitrogens with one attached hydrogen (secondary N) is 1. The van der Waals surface area contributed by atoms with Crippen molar-refractivity contribution >= 4 is 11.8 Å². The number of amides is 2. The van der Waals surface area contributed by atoms with Crippen molar-refractivity contribution in [3.05, 3.63) is 0 Å². The highest BCUT2D eigenvalue weighted by atomic mass is 16.5. The predicted molar refractivity (Wildman–Crippen MR) is 80.8 cm³/mol. The number of rotatable bonds is 4. The first-order valence-electron chi connectivity index (χ1n) is 8.17. The molecule has 5 nitrogen and oxygen atoms in total. The van der Waals surface area contributed by atoms with E-state index in [0.717, 1.165) is 25.7 Å². The predicted octanol–water partition coefficient (Wildman–Crippen LogP) is 1.85. The Labute approximate surface area is 127 Å². The molecule has 120 valence electrons. The third-order valence-corrected chi connectivity index (χ3v) is 5.31. The average Bonchev–Trinajstić information content (AvgIpc) is 2.51. The lowest BCUT2D eigenvalue weighted by Gasteiger charge is -2.52. The second kappa shape index (κ2) is 6.34. The van der Waals surface area contributed by atoms with Crippen molar-refractivity contribution < 1.29 is 14.3 Å². The summed E-state index contributed by atoms with van der Waals surface area (Å²) in [4.78, 5) is 27.3. The third-order valence-electron chi connectivity index (χ3n) is 5.31. The summed E-state index contributed by atoms with van der Waals surface area (Å²) in [5.41, 5.74) is -0.691. The first kappa shape index (κ1) is 16.3. The molecule has 1 saturated heterocycles. The normalized spacial score (nSPS) is 33.0. The monoisotopic (exact) mass is 296 g/mol. The van der Waals surface area contributed by atoms with Gasteiger partial charge in [0.15, 0.2) is 0 Å². The Balaban J connectivity index is 2.34. The summed E-state index contributed by atoms with van der Waals surface area (Å²) in [6.45, 7) is 5.77. The van der Waals surface area contributed by atoms with Crippen LogP contribution in [0.3, 0.4) is 0 Å². The maximum absolute atomic E-state index is 12.8. The molecule has 21 heavy (non-hydrogen) atoms. The molecule has 0 radical (unpaired) electrons. The first-order chi connectivity index (χ1) is 10.00. The molecular formula is C16H28N2O3. The molecule has 0 aromatic carbocycles. The lowest BCUT2D eigenvalue weighted by atomic mass is 9.81. The molecule has 0 bridgehead atoms. The topological polar surface area (TPSA) is 58.6 Å². The SMILES string of the molecule is CCC1(CC)C(=O)NC(C)C(=O)N1C1CCCC(OC)C1. The van der Waals surface area contributed by atoms with Crippen LogP contribution in [0.2, 0.25) is 0 Å². The Morgan fingerprint density at radius 3 is 2.52 bits per heavy atom. The Morgan fingerprint density at radius 1 is 1.29 bits per heavy atom. The lowest BCUT2D eigenvalue weighted by molar-refractivity contribution is -0.163. The van der Waals surface area contributed by atoms with Gasteiger partial charge < -0.3 is 15.0 Å². The number of hydrogen-bond acceptors (Lipinski definition) is 3. The van der Waals surface area contributed by atoms with E-state index in [-0.39, 0.29) is 24.0 Å². The molecule has 0 aromatic rings. The highest BCUT2D eigenvalue weighted by molar-refractivity contribution is 5.99. The summed E-state index contributed by atoms with van der Waals surface area (Å²) in [7, 11) is 1.73. The van der Waals surface area contributed by atoms with Gasteiger partial charge in [-0.3, -0.25) is 9.59 Å². The quantitative estimate of drug-likeness (QED) is 0.861. The van der Waals surface area contributed by atoms with Crippen LogP contribution in [-0.4, -0.2) is 47.6 Å². The molecular weight excluding hydrogens is 268 g/mol. The van der Waals surface area contributed by atoms with E-state index in [9.17, 15) is 9.59 Å². The zero-order chi connectivity index (χ0) is 15.6. The minimum atomic E-state index is -0.691. The molecule has 2 fully saturated rings. The van der Waals surface area contributed by atoms with Crippen LogP contribution in [0.1, 0.15) is 59.3 Å². The minimum absolute atomic E-state index is 0.000796. The molecule has 1 heterocycles. The average molecular weight is 296 g/mol. The van der Waals surface area contributed by atoms with Crippen molar-refractivity contribution in [2.45, 2.75) is 83.0 Å². The van der Waals surface area contributed by atoms with E-state index in [1.54, 1.807) is 14.0 Å². The van der Waals surface area contributed by atoms with Gasteiger partial charge in [0.25, 0.3) is 0 Å². The maximum atomic E-state index is 12.8. The van der Waals surface area contributed by atoms with E-state index < -0.39 is 11.6 Å². The fraction of sp³-hybridized carbons (Fsp3) is 0.875. The largest absolute Gasteiger partial charge is 0.381 e. The van der Waals surface area contributed by atoms with Crippen molar-refractivity contribution in [3.8, 4) is 0 Å². The fourth-order valence-electron chi connectivity index (χ4n) is 3.93. The van der Waals surface area contributed by atoms with Gasteiger partial charge in [0.2, 0.25) is 11.8 Å². The zero-order valence-electron chi connectivity index (χ0n) is 13.6. The summed E-state index contributed by atoms with van der Waals surface area (Å²) in [5.74, 6) is 0.0548. The van der Waals surface area contributed by atoms with Crippen LogP contribution in [0.25, 0.3) is 0 Å². The number of hydrogen-bond donors (Lipinski definition) is 1. The Hall–Kier alpha value is -1.10. The molecule has 3 atom stereocenters. The summed E-state index contributed by atoms with van der Waals surface area (Å²) < 4.78 is 5.50. The highest BCUT2D eigenvalue weighted by Gasteiger charge is 2.52. The third kappa shape index (κ3) is 2.68. The smallest absolute Gasteiger partial charge is 0.246 e. The number of methoxy groups -OCH3 is 1. The molecule has 0 aromatic heterocycles. The molecule has 1 N–H and O–H groups in total. The molecule has 3 unspecified atom stereocenters. The van der Waals surface area contributed by atoms with Crippen LogP contribution in [0, 0.1) is 0 Å². The van der Waals surface area contributed by atoms with Crippen molar-refractivity contribution in [2.75, 3.05) is 7.11 Å². The van der Waals surface area contributed by atoms with E-state index in [4.69, 9.17) is 4.74 Å². The van der Waals surface area contributed by atoms with Crippen LogP contribution < -0.4 is 5.32 Å². The van der Waals surface area contributed by atoms with Crippen molar-refractivity contribution in [3.63, 3.8) is 0 Å². The molecule has 2 aliphatic rings. The van der Waals surface area contributed by atoms with E-state index in [1.807, 2.05) is 18.7 Å². The van der Waals surface area contributed by atoms with Gasteiger partial charge in [-0.05, 0) is 45.4 Å². The second-order valence-corrected chi connectivity index (χ2v) is 6.32. The number of carbonyl (C=O) groups excluding carboxylic acids is 2.